The van der Waals surface area contributed by atoms with Crippen LogP contribution in [-0.4, -0.2) is 31.4 Å². The summed E-state index contributed by atoms with van der Waals surface area (Å²) in [5.74, 6) is 0.0419. The number of halogens is 1. The van der Waals surface area contributed by atoms with Crippen molar-refractivity contribution in [2.75, 3.05) is 26.4 Å². The van der Waals surface area contributed by atoms with Gasteiger partial charge in [-0.05, 0) is 24.7 Å². The highest BCUT2D eigenvalue weighted by atomic mass is 35.5. The van der Waals surface area contributed by atoms with Gasteiger partial charge in [-0.25, -0.2) is 0 Å². The number of hydrogen-bond donors (Lipinski definition) is 2. The molecule has 94 valence electrons. The second kappa shape index (κ2) is 6.47. The van der Waals surface area contributed by atoms with Crippen LogP contribution in [0.2, 0.25) is 5.02 Å². The first-order valence-corrected chi connectivity index (χ1v) is 5.83. The van der Waals surface area contributed by atoms with E-state index in [1.165, 1.54) is 0 Å². The fourth-order valence-electron chi connectivity index (χ4n) is 1.48. The van der Waals surface area contributed by atoms with Gasteiger partial charge in [0.1, 0.15) is 0 Å². The van der Waals surface area contributed by atoms with Crippen LogP contribution in [0.15, 0.2) is 18.2 Å². The smallest absolute Gasteiger partial charge is 0.221 e. The molecule has 0 aliphatic heterocycles. The standard InChI is InChI=1S/C12H18ClN3O/c1-15-12(17)5-6-16(2)8-9-3-4-10(14)7-11(9)13/h3-4,7H,5-6,8,14H2,1-2H3,(H,15,17). The lowest BCUT2D eigenvalue weighted by Crippen LogP contribution is -2.26. The first-order chi connectivity index (χ1) is 8.02. The molecular formula is C12H18ClN3O. The van der Waals surface area contributed by atoms with Gasteiger partial charge in [0.25, 0.3) is 0 Å². The van der Waals surface area contributed by atoms with Crippen molar-refractivity contribution >= 4 is 23.2 Å². The third-order valence-corrected chi connectivity index (χ3v) is 2.87. The second-order valence-electron chi connectivity index (χ2n) is 4.01. The number of benzene rings is 1. The quantitative estimate of drug-likeness (QED) is 0.784. The number of nitrogens with two attached hydrogens (primary N) is 1. The van der Waals surface area contributed by atoms with Crippen molar-refractivity contribution in [1.82, 2.24) is 10.2 Å². The number of nitrogens with zero attached hydrogens (tertiary/aromatic N) is 1. The molecule has 17 heavy (non-hydrogen) atoms. The number of nitrogen functional groups attached to an aromatic ring is 1. The lowest BCUT2D eigenvalue weighted by Gasteiger charge is -2.17. The molecule has 5 heteroatoms. The molecule has 1 amide bonds. The Morgan fingerprint density at radius 3 is 2.82 bits per heavy atom. The van der Waals surface area contributed by atoms with E-state index in [9.17, 15) is 4.79 Å². The molecule has 0 heterocycles. The van der Waals surface area contributed by atoms with Crippen LogP contribution in [0, 0.1) is 0 Å². The van der Waals surface area contributed by atoms with Crippen molar-refractivity contribution in [2.45, 2.75) is 13.0 Å². The summed E-state index contributed by atoms with van der Waals surface area (Å²) in [6.45, 7) is 1.40. The highest BCUT2D eigenvalue weighted by molar-refractivity contribution is 6.31. The molecule has 0 bridgehead atoms. The number of carbonyl (C=O) groups excluding carboxylic acids is 1. The molecule has 0 unspecified atom stereocenters. The first-order valence-electron chi connectivity index (χ1n) is 5.46. The summed E-state index contributed by atoms with van der Waals surface area (Å²) >= 11 is 6.08. The minimum Gasteiger partial charge on any atom is -0.399 e. The maximum atomic E-state index is 11.1. The van der Waals surface area contributed by atoms with Crippen LogP contribution in [0.4, 0.5) is 5.69 Å². The van der Waals surface area contributed by atoms with Crippen LogP contribution in [0.3, 0.4) is 0 Å². The molecular weight excluding hydrogens is 238 g/mol. The fraction of sp³-hybridized carbons (Fsp3) is 0.417. The average Bonchev–Trinajstić information content (AvgIpc) is 2.29. The number of hydrogen-bond acceptors (Lipinski definition) is 3. The van der Waals surface area contributed by atoms with E-state index in [1.807, 2.05) is 24.1 Å². The lowest BCUT2D eigenvalue weighted by molar-refractivity contribution is -0.120. The van der Waals surface area contributed by atoms with E-state index >= 15 is 0 Å². The molecule has 0 atom stereocenters. The van der Waals surface area contributed by atoms with E-state index in [2.05, 4.69) is 5.32 Å². The monoisotopic (exact) mass is 255 g/mol. The van der Waals surface area contributed by atoms with E-state index in [4.69, 9.17) is 17.3 Å². The van der Waals surface area contributed by atoms with E-state index in [0.717, 1.165) is 5.56 Å². The molecule has 0 aromatic heterocycles. The van der Waals surface area contributed by atoms with E-state index in [-0.39, 0.29) is 5.91 Å². The zero-order valence-electron chi connectivity index (χ0n) is 10.2. The zero-order valence-corrected chi connectivity index (χ0v) is 10.9. The van der Waals surface area contributed by atoms with Gasteiger partial charge < -0.3 is 16.0 Å². The fourth-order valence-corrected chi connectivity index (χ4v) is 1.73. The summed E-state index contributed by atoms with van der Waals surface area (Å²) in [4.78, 5) is 13.1. The van der Waals surface area contributed by atoms with E-state index < -0.39 is 0 Å². The van der Waals surface area contributed by atoms with Gasteiger partial charge in [0.2, 0.25) is 5.91 Å². The molecule has 0 fully saturated rings. The largest absolute Gasteiger partial charge is 0.399 e. The highest BCUT2D eigenvalue weighted by Gasteiger charge is 2.06. The van der Waals surface area contributed by atoms with Gasteiger partial charge in [0, 0.05) is 37.3 Å². The molecule has 3 N–H and O–H groups in total. The molecule has 0 spiro atoms. The van der Waals surface area contributed by atoms with Crippen LogP contribution >= 0.6 is 11.6 Å². The van der Waals surface area contributed by atoms with Gasteiger partial charge in [-0.1, -0.05) is 17.7 Å². The molecule has 0 saturated heterocycles. The predicted molar refractivity (Wildman–Crippen MR) is 70.9 cm³/mol. The Hall–Kier alpha value is -1.26. The number of nitrogens with one attached hydrogen (secondary N) is 1. The van der Waals surface area contributed by atoms with E-state index in [1.54, 1.807) is 13.1 Å². The van der Waals surface area contributed by atoms with Crippen LogP contribution in [0.25, 0.3) is 0 Å². The van der Waals surface area contributed by atoms with Crippen molar-refractivity contribution in [2.24, 2.45) is 0 Å². The SMILES string of the molecule is CNC(=O)CCN(C)Cc1ccc(N)cc1Cl. The maximum absolute atomic E-state index is 11.1. The third-order valence-electron chi connectivity index (χ3n) is 2.52. The summed E-state index contributed by atoms with van der Waals surface area (Å²) in [6.07, 6.45) is 0.486. The Morgan fingerprint density at radius 1 is 1.53 bits per heavy atom. The minimum atomic E-state index is 0.0419. The molecule has 1 aromatic carbocycles. The first kappa shape index (κ1) is 13.8. The Balaban J connectivity index is 2.50. The van der Waals surface area contributed by atoms with Crippen molar-refractivity contribution in [3.63, 3.8) is 0 Å². The van der Waals surface area contributed by atoms with E-state index in [0.29, 0.717) is 30.2 Å². The summed E-state index contributed by atoms with van der Waals surface area (Å²) in [5.41, 5.74) is 7.30. The normalized spacial score (nSPS) is 10.6. The average molecular weight is 256 g/mol. The van der Waals surface area contributed by atoms with Gasteiger partial charge in [-0.2, -0.15) is 0 Å². The second-order valence-corrected chi connectivity index (χ2v) is 4.42. The predicted octanol–water partition coefficient (Wildman–Crippen LogP) is 1.49. The Kier molecular flexibility index (Phi) is 5.25. The lowest BCUT2D eigenvalue weighted by atomic mass is 10.2. The molecule has 0 aliphatic carbocycles. The minimum absolute atomic E-state index is 0.0419. The summed E-state index contributed by atoms with van der Waals surface area (Å²) in [7, 11) is 3.59. The number of rotatable bonds is 5. The number of amides is 1. The van der Waals surface area contributed by atoms with Crippen molar-refractivity contribution < 1.29 is 4.79 Å². The zero-order chi connectivity index (χ0) is 12.8. The van der Waals surface area contributed by atoms with Gasteiger partial charge in [-0.15, -0.1) is 0 Å². The van der Waals surface area contributed by atoms with Gasteiger partial charge >= 0.3 is 0 Å². The van der Waals surface area contributed by atoms with Crippen molar-refractivity contribution in [3.8, 4) is 0 Å². The summed E-state index contributed by atoms with van der Waals surface area (Å²) in [5, 5.41) is 3.26. The number of anilines is 1. The Bertz CT molecular complexity index is 395. The molecule has 4 nitrogen and oxygen atoms in total. The molecule has 1 aromatic rings. The topological polar surface area (TPSA) is 58.4 Å². The van der Waals surface area contributed by atoms with Gasteiger partial charge in [-0.3, -0.25) is 4.79 Å². The maximum Gasteiger partial charge on any atom is 0.221 e. The van der Waals surface area contributed by atoms with Crippen LogP contribution in [0.1, 0.15) is 12.0 Å². The van der Waals surface area contributed by atoms with Crippen molar-refractivity contribution in [1.29, 1.82) is 0 Å². The van der Waals surface area contributed by atoms with Crippen LogP contribution < -0.4 is 11.1 Å². The molecule has 0 saturated carbocycles. The third kappa shape index (κ3) is 4.63. The molecule has 0 aliphatic rings. The van der Waals surface area contributed by atoms with Gasteiger partial charge in [0.15, 0.2) is 0 Å². The molecule has 0 radical (unpaired) electrons. The number of carbonyl (C=O) groups is 1. The van der Waals surface area contributed by atoms with Crippen LogP contribution in [-0.2, 0) is 11.3 Å². The Labute approximate surface area is 107 Å². The summed E-state index contributed by atoms with van der Waals surface area (Å²) in [6, 6.07) is 5.48. The van der Waals surface area contributed by atoms with Gasteiger partial charge in [0.05, 0.1) is 0 Å². The summed E-state index contributed by atoms with van der Waals surface area (Å²) < 4.78 is 0. The molecule has 1 rings (SSSR count). The Morgan fingerprint density at radius 2 is 2.24 bits per heavy atom. The van der Waals surface area contributed by atoms with Crippen LogP contribution in [0.5, 0.6) is 0 Å². The highest BCUT2D eigenvalue weighted by Crippen LogP contribution is 2.20. The van der Waals surface area contributed by atoms with Crippen molar-refractivity contribution in [3.05, 3.63) is 28.8 Å².